The van der Waals surface area contributed by atoms with Gasteiger partial charge in [0.05, 0.1) is 11.7 Å². The van der Waals surface area contributed by atoms with Crippen molar-refractivity contribution in [1.29, 1.82) is 0 Å². The maximum atomic E-state index is 12.4. The fourth-order valence-electron chi connectivity index (χ4n) is 3.20. The van der Waals surface area contributed by atoms with Crippen LogP contribution in [-0.4, -0.2) is 30.9 Å². The topological polar surface area (TPSA) is 52.6 Å². The third kappa shape index (κ3) is 3.13. The second-order valence-corrected chi connectivity index (χ2v) is 6.28. The van der Waals surface area contributed by atoms with E-state index in [1.807, 2.05) is 24.3 Å². The fourth-order valence-corrected chi connectivity index (χ4v) is 3.20. The number of hydrogen-bond donors (Lipinski definition) is 0. The first kappa shape index (κ1) is 15.8. The van der Waals surface area contributed by atoms with Gasteiger partial charge in [0.2, 0.25) is 0 Å². The fraction of sp³-hybridized carbons (Fsp3) is 0.238. The lowest BCUT2D eigenvalue weighted by Crippen LogP contribution is -2.16. The number of benzene rings is 2. The van der Waals surface area contributed by atoms with Gasteiger partial charge in [-0.3, -0.25) is 9.59 Å². The molecule has 0 saturated carbocycles. The van der Waals surface area contributed by atoms with Crippen molar-refractivity contribution in [3.8, 4) is 5.75 Å². The molecule has 1 saturated heterocycles. The summed E-state index contributed by atoms with van der Waals surface area (Å²) < 4.78 is 11.3. The van der Waals surface area contributed by atoms with Crippen LogP contribution in [0.5, 0.6) is 5.75 Å². The Morgan fingerprint density at radius 2 is 1.68 bits per heavy atom. The molecule has 4 heteroatoms. The van der Waals surface area contributed by atoms with Crippen molar-refractivity contribution in [3.05, 3.63) is 70.8 Å². The molecule has 25 heavy (non-hydrogen) atoms. The van der Waals surface area contributed by atoms with E-state index in [9.17, 15) is 9.59 Å². The number of rotatable bonds is 4. The van der Waals surface area contributed by atoms with Crippen molar-refractivity contribution in [2.75, 3.05) is 13.2 Å². The molecular weight excluding hydrogens is 316 g/mol. The number of ether oxygens (including phenoxy) is 2. The highest BCUT2D eigenvalue weighted by Crippen LogP contribution is 2.28. The van der Waals surface area contributed by atoms with Crippen LogP contribution in [0.3, 0.4) is 0 Å². The molecule has 4 nitrogen and oxygen atoms in total. The smallest absolute Gasteiger partial charge is 0.197 e. The SMILES string of the molecule is O=C1C(=Cc2ccc(OC[C@H]3CCCO3)cc2)C(=O)c2ccccc21. The van der Waals surface area contributed by atoms with Crippen molar-refractivity contribution in [2.45, 2.75) is 18.9 Å². The minimum absolute atomic E-state index is 0.175. The zero-order valence-electron chi connectivity index (χ0n) is 13.7. The first-order valence-electron chi connectivity index (χ1n) is 8.47. The van der Waals surface area contributed by atoms with Crippen molar-refractivity contribution >= 4 is 17.6 Å². The Labute approximate surface area is 146 Å². The molecule has 0 bridgehead atoms. The molecule has 0 aromatic heterocycles. The lowest BCUT2D eigenvalue weighted by atomic mass is 10.1. The molecule has 1 heterocycles. The lowest BCUT2D eigenvalue weighted by Gasteiger charge is -2.11. The van der Waals surface area contributed by atoms with Crippen LogP contribution in [0.4, 0.5) is 0 Å². The predicted octanol–water partition coefficient (Wildman–Crippen LogP) is 3.71. The van der Waals surface area contributed by atoms with Crippen LogP contribution < -0.4 is 4.74 Å². The average Bonchev–Trinajstić information content (AvgIpc) is 3.25. The quantitative estimate of drug-likeness (QED) is 0.632. The number of carbonyl (C=O) groups is 2. The highest BCUT2D eigenvalue weighted by molar-refractivity contribution is 6.41. The Balaban J connectivity index is 1.48. The first-order chi connectivity index (χ1) is 12.2. The van der Waals surface area contributed by atoms with E-state index in [0.29, 0.717) is 17.7 Å². The largest absolute Gasteiger partial charge is 0.491 e. The van der Waals surface area contributed by atoms with Gasteiger partial charge < -0.3 is 9.47 Å². The van der Waals surface area contributed by atoms with Gasteiger partial charge in [0, 0.05) is 17.7 Å². The summed E-state index contributed by atoms with van der Waals surface area (Å²) in [6.45, 7) is 1.36. The van der Waals surface area contributed by atoms with Gasteiger partial charge in [-0.05, 0) is 36.6 Å². The van der Waals surface area contributed by atoms with E-state index >= 15 is 0 Å². The van der Waals surface area contributed by atoms with Crippen LogP contribution in [0.2, 0.25) is 0 Å². The van der Waals surface area contributed by atoms with Gasteiger partial charge in [-0.15, -0.1) is 0 Å². The number of allylic oxidation sites excluding steroid dienone is 1. The number of ketones is 2. The molecule has 0 unspecified atom stereocenters. The minimum atomic E-state index is -0.209. The molecule has 0 amide bonds. The summed E-state index contributed by atoms with van der Waals surface area (Å²) in [5.74, 6) is 0.337. The van der Waals surface area contributed by atoms with Crippen molar-refractivity contribution < 1.29 is 19.1 Å². The van der Waals surface area contributed by atoms with Gasteiger partial charge in [-0.1, -0.05) is 36.4 Å². The Morgan fingerprint density at radius 1 is 1.00 bits per heavy atom. The Kier molecular flexibility index (Phi) is 4.20. The number of hydrogen-bond acceptors (Lipinski definition) is 4. The van der Waals surface area contributed by atoms with Crippen LogP contribution in [0, 0.1) is 0 Å². The zero-order chi connectivity index (χ0) is 17.2. The molecule has 0 spiro atoms. The first-order valence-corrected chi connectivity index (χ1v) is 8.47. The van der Waals surface area contributed by atoms with Gasteiger partial charge in [0.25, 0.3) is 0 Å². The second kappa shape index (κ2) is 6.65. The van der Waals surface area contributed by atoms with Crippen molar-refractivity contribution in [3.63, 3.8) is 0 Å². The third-order valence-corrected chi connectivity index (χ3v) is 4.56. The van der Waals surface area contributed by atoms with Gasteiger partial charge in [-0.2, -0.15) is 0 Å². The van der Waals surface area contributed by atoms with E-state index in [0.717, 1.165) is 30.8 Å². The van der Waals surface area contributed by atoms with Crippen LogP contribution in [0.1, 0.15) is 39.1 Å². The van der Waals surface area contributed by atoms with Crippen LogP contribution in [0.25, 0.3) is 6.08 Å². The van der Waals surface area contributed by atoms with Crippen LogP contribution in [0.15, 0.2) is 54.1 Å². The summed E-state index contributed by atoms with van der Waals surface area (Å²) in [7, 11) is 0. The molecule has 0 N–H and O–H groups in total. The summed E-state index contributed by atoms with van der Waals surface area (Å²) in [6.07, 6.45) is 3.95. The minimum Gasteiger partial charge on any atom is -0.491 e. The molecule has 1 fully saturated rings. The van der Waals surface area contributed by atoms with Crippen molar-refractivity contribution in [2.24, 2.45) is 0 Å². The zero-order valence-corrected chi connectivity index (χ0v) is 13.7. The summed E-state index contributed by atoms with van der Waals surface area (Å²) in [5.41, 5.74) is 1.98. The molecule has 1 aliphatic heterocycles. The highest BCUT2D eigenvalue weighted by Gasteiger charge is 2.32. The Hall–Kier alpha value is -2.72. The standard InChI is InChI=1S/C21H18O4/c22-20-17-5-1-2-6-18(17)21(23)19(20)12-14-7-9-15(10-8-14)25-13-16-4-3-11-24-16/h1-2,5-10,12,16H,3-4,11,13H2/t16-/m1/s1. The van der Waals surface area contributed by atoms with Gasteiger partial charge in [-0.25, -0.2) is 0 Å². The molecule has 2 aromatic carbocycles. The summed E-state index contributed by atoms with van der Waals surface area (Å²) in [5, 5.41) is 0. The van der Waals surface area contributed by atoms with E-state index in [1.165, 1.54) is 0 Å². The third-order valence-electron chi connectivity index (χ3n) is 4.56. The van der Waals surface area contributed by atoms with E-state index in [-0.39, 0.29) is 23.2 Å². The molecule has 0 radical (unpaired) electrons. The Morgan fingerprint density at radius 3 is 2.28 bits per heavy atom. The average molecular weight is 334 g/mol. The van der Waals surface area contributed by atoms with Gasteiger partial charge in [0.15, 0.2) is 11.6 Å². The monoisotopic (exact) mass is 334 g/mol. The molecule has 2 aliphatic rings. The number of fused-ring (bicyclic) bond motifs is 1. The molecule has 4 rings (SSSR count). The van der Waals surface area contributed by atoms with Gasteiger partial charge >= 0.3 is 0 Å². The summed E-state index contributed by atoms with van der Waals surface area (Å²) in [4.78, 5) is 24.8. The predicted molar refractivity (Wildman–Crippen MR) is 94.0 cm³/mol. The summed E-state index contributed by atoms with van der Waals surface area (Å²) in [6, 6.07) is 14.3. The summed E-state index contributed by atoms with van der Waals surface area (Å²) >= 11 is 0. The second-order valence-electron chi connectivity index (χ2n) is 6.28. The lowest BCUT2D eigenvalue weighted by molar-refractivity contribution is 0.0679. The number of Topliss-reactive ketones (excluding diaryl/α,β-unsaturated/α-hetero) is 2. The molecule has 126 valence electrons. The van der Waals surface area contributed by atoms with Crippen molar-refractivity contribution in [1.82, 2.24) is 0 Å². The maximum Gasteiger partial charge on any atom is 0.197 e. The molecule has 1 atom stereocenters. The van der Waals surface area contributed by atoms with Crippen LogP contribution >= 0.6 is 0 Å². The Bertz CT molecular complexity index is 805. The molecular formula is C21H18O4. The maximum absolute atomic E-state index is 12.4. The van der Waals surface area contributed by atoms with Gasteiger partial charge in [0.1, 0.15) is 12.4 Å². The van der Waals surface area contributed by atoms with E-state index in [1.54, 1.807) is 30.3 Å². The highest BCUT2D eigenvalue weighted by atomic mass is 16.5. The van der Waals surface area contributed by atoms with E-state index in [2.05, 4.69) is 0 Å². The van der Waals surface area contributed by atoms with E-state index in [4.69, 9.17) is 9.47 Å². The molecule has 1 aliphatic carbocycles. The van der Waals surface area contributed by atoms with Crippen LogP contribution in [-0.2, 0) is 4.74 Å². The molecule has 2 aromatic rings. The number of carbonyl (C=O) groups excluding carboxylic acids is 2. The normalized spacial score (nSPS) is 19.2. The van der Waals surface area contributed by atoms with E-state index < -0.39 is 0 Å².